The van der Waals surface area contributed by atoms with Crippen LogP contribution in [-0.4, -0.2) is 0 Å². The lowest BCUT2D eigenvalue weighted by atomic mass is 10.1. The molecular formula is C12H9BrCl2O. The van der Waals surface area contributed by atoms with Crippen molar-refractivity contribution in [3.63, 3.8) is 0 Å². The maximum absolute atomic E-state index is 6.12. The minimum Gasteiger partial charge on any atom is -0.465 e. The molecule has 0 aliphatic carbocycles. The average molecular weight is 320 g/mol. The molecule has 0 N–H and O–H groups in total. The highest BCUT2D eigenvalue weighted by Crippen LogP contribution is 2.37. The lowest BCUT2D eigenvalue weighted by molar-refractivity contribution is 0.492. The van der Waals surface area contributed by atoms with Crippen LogP contribution in [0.1, 0.15) is 21.9 Å². The van der Waals surface area contributed by atoms with Crippen LogP contribution in [0.25, 0.3) is 0 Å². The lowest BCUT2D eigenvalue weighted by Gasteiger charge is -2.09. The van der Waals surface area contributed by atoms with Crippen molar-refractivity contribution in [3.8, 4) is 0 Å². The molecule has 1 unspecified atom stereocenters. The van der Waals surface area contributed by atoms with Crippen LogP contribution < -0.4 is 0 Å². The van der Waals surface area contributed by atoms with E-state index >= 15 is 0 Å². The average Bonchev–Trinajstić information content (AvgIpc) is 2.67. The monoisotopic (exact) mass is 318 g/mol. The maximum atomic E-state index is 6.12. The Morgan fingerprint density at radius 2 is 1.94 bits per heavy atom. The van der Waals surface area contributed by atoms with Crippen molar-refractivity contribution in [1.29, 1.82) is 0 Å². The molecule has 0 radical (unpaired) electrons. The topological polar surface area (TPSA) is 13.1 Å². The van der Waals surface area contributed by atoms with E-state index in [9.17, 15) is 0 Å². The Morgan fingerprint density at radius 3 is 2.56 bits per heavy atom. The summed E-state index contributed by atoms with van der Waals surface area (Å²) in [5.41, 5.74) is 0.906. The second-order valence-corrected chi connectivity index (χ2v) is 5.24. The van der Waals surface area contributed by atoms with Crippen molar-refractivity contribution in [3.05, 3.63) is 57.5 Å². The molecule has 0 aliphatic rings. The van der Waals surface area contributed by atoms with Gasteiger partial charge in [0.05, 0.1) is 4.83 Å². The highest BCUT2D eigenvalue weighted by Gasteiger charge is 2.17. The molecule has 0 spiro atoms. The summed E-state index contributed by atoms with van der Waals surface area (Å²) in [4.78, 5) is -0.0765. The highest BCUT2D eigenvalue weighted by atomic mass is 79.9. The molecular weight excluding hydrogens is 311 g/mol. The quantitative estimate of drug-likeness (QED) is 0.677. The van der Waals surface area contributed by atoms with Gasteiger partial charge in [0, 0.05) is 10.0 Å². The van der Waals surface area contributed by atoms with Gasteiger partial charge in [0.2, 0.25) is 0 Å². The number of aryl methyl sites for hydroxylation is 1. The van der Waals surface area contributed by atoms with E-state index in [1.807, 2.05) is 25.1 Å². The van der Waals surface area contributed by atoms with Gasteiger partial charge in [0.15, 0.2) is 0 Å². The van der Waals surface area contributed by atoms with Crippen molar-refractivity contribution in [2.45, 2.75) is 11.8 Å². The molecule has 0 saturated carbocycles. The van der Waals surface area contributed by atoms with E-state index in [2.05, 4.69) is 15.9 Å². The Labute approximate surface area is 112 Å². The Kier molecular flexibility index (Phi) is 3.63. The van der Waals surface area contributed by atoms with E-state index in [1.54, 1.807) is 12.1 Å². The Morgan fingerprint density at radius 1 is 1.19 bits per heavy atom. The summed E-state index contributed by atoms with van der Waals surface area (Å²) in [6.45, 7) is 1.91. The van der Waals surface area contributed by atoms with E-state index in [1.165, 1.54) is 0 Å². The Bertz CT molecular complexity index is 507. The number of alkyl halides is 1. The fraction of sp³-hybridized carbons (Fsp3) is 0.167. The van der Waals surface area contributed by atoms with Crippen molar-refractivity contribution < 1.29 is 4.42 Å². The standard InChI is InChI=1S/C12H9BrCl2O/c1-7-2-5-11(16-7)12(13)9-6-8(14)3-4-10(9)15/h2-6,12H,1H3. The number of hydrogen-bond donors (Lipinski definition) is 0. The minimum absolute atomic E-state index is 0.0765. The molecule has 1 heterocycles. The van der Waals surface area contributed by atoms with Crippen molar-refractivity contribution >= 4 is 39.1 Å². The van der Waals surface area contributed by atoms with Gasteiger partial charge in [-0.15, -0.1) is 0 Å². The third-order valence-corrected chi connectivity index (χ3v) is 3.77. The first-order valence-corrected chi connectivity index (χ1v) is 6.40. The van der Waals surface area contributed by atoms with E-state index in [0.29, 0.717) is 10.0 Å². The van der Waals surface area contributed by atoms with Gasteiger partial charge in [-0.2, -0.15) is 0 Å². The lowest BCUT2D eigenvalue weighted by Crippen LogP contribution is -1.91. The van der Waals surface area contributed by atoms with Gasteiger partial charge in [0.1, 0.15) is 11.5 Å². The molecule has 0 aliphatic heterocycles. The van der Waals surface area contributed by atoms with Crippen LogP contribution in [0.15, 0.2) is 34.7 Å². The summed E-state index contributed by atoms with van der Waals surface area (Å²) in [5, 5.41) is 1.33. The predicted molar refractivity (Wildman–Crippen MR) is 70.7 cm³/mol. The molecule has 1 atom stereocenters. The zero-order valence-electron chi connectivity index (χ0n) is 8.51. The van der Waals surface area contributed by atoms with Crippen molar-refractivity contribution in [2.24, 2.45) is 0 Å². The van der Waals surface area contributed by atoms with Gasteiger partial charge in [-0.05, 0) is 42.8 Å². The molecule has 0 amide bonds. The smallest absolute Gasteiger partial charge is 0.122 e. The molecule has 2 aromatic rings. The van der Waals surface area contributed by atoms with Crippen LogP contribution in [0, 0.1) is 6.92 Å². The van der Waals surface area contributed by atoms with Crippen molar-refractivity contribution in [1.82, 2.24) is 0 Å². The molecule has 84 valence electrons. The number of hydrogen-bond acceptors (Lipinski definition) is 1. The summed E-state index contributed by atoms with van der Waals surface area (Å²) >= 11 is 15.6. The van der Waals surface area contributed by atoms with Crippen LogP contribution in [0.3, 0.4) is 0 Å². The first-order chi connectivity index (χ1) is 7.58. The van der Waals surface area contributed by atoms with Crippen LogP contribution in [0.5, 0.6) is 0 Å². The number of benzene rings is 1. The fourth-order valence-electron chi connectivity index (χ4n) is 1.45. The third kappa shape index (κ3) is 2.45. The summed E-state index contributed by atoms with van der Waals surface area (Å²) in [7, 11) is 0. The molecule has 1 nitrogen and oxygen atoms in total. The summed E-state index contributed by atoms with van der Waals surface area (Å²) < 4.78 is 5.55. The molecule has 2 rings (SSSR count). The van der Waals surface area contributed by atoms with Crippen LogP contribution in [0.4, 0.5) is 0 Å². The van der Waals surface area contributed by atoms with Gasteiger partial charge in [-0.25, -0.2) is 0 Å². The van der Waals surface area contributed by atoms with Gasteiger partial charge in [-0.1, -0.05) is 39.1 Å². The van der Waals surface area contributed by atoms with Crippen LogP contribution in [0.2, 0.25) is 10.0 Å². The Balaban J connectivity index is 2.40. The zero-order valence-corrected chi connectivity index (χ0v) is 11.6. The number of furan rings is 1. The minimum atomic E-state index is -0.0765. The number of halogens is 3. The van der Waals surface area contributed by atoms with E-state index in [4.69, 9.17) is 27.6 Å². The SMILES string of the molecule is Cc1ccc(C(Br)c2cc(Cl)ccc2Cl)o1. The molecule has 1 aromatic heterocycles. The largest absolute Gasteiger partial charge is 0.465 e. The third-order valence-electron chi connectivity index (χ3n) is 2.24. The summed E-state index contributed by atoms with van der Waals surface area (Å²) in [6, 6.07) is 9.22. The van der Waals surface area contributed by atoms with Gasteiger partial charge < -0.3 is 4.42 Å². The second-order valence-electron chi connectivity index (χ2n) is 3.48. The summed E-state index contributed by atoms with van der Waals surface area (Å²) in [5.74, 6) is 1.69. The second kappa shape index (κ2) is 4.82. The molecule has 1 aromatic carbocycles. The highest BCUT2D eigenvalue weighted by molar-refractivity contribution is 9.09. The molecule has 4 heteroatoms. The zero-order chi connectivity index (χ0) is 11.7. The van der Waals surface area contributed by atoms with Gasteiger partial charge in [-0.3, -0.25) is 0 Å². The van der Waals surface area contributed by atoms with Crippen molar-refractivity contribution in [2.75, 3.05) is 0 Å². The Hall–Kier alpha value is -0.440. The fourth-order valence-corrected chi connectivity index (χ4v) is 2.62. The van der Waals surface area contributed by atoms with E-state index in [0.717, 1.165) is 17.1 Å². The molecule has 0 saturated heterocycles. The molecule has 16 heavy (non-hydrogen) atoms. The van der Waals surface area contributed by atoms with Crippen LogP contribution in [-0.2, 0) is 0 Å². The van der Waals surface area contributed by atoms with Gasteiger partial charge in [0.25, 0.3) is 0 Å². The molecule has 0 fully saturated rings. The molecule has 0 bridgehead atoms. The normalized spacial score (nSPS) is 12.8. The van der Waals surface area contributed by atoms with Gasteiger partial charge >= 0.3 is 0 Å². The first-order valence-electron chi connectivity index (χ1n) is 4.73. The maximum Gasteiger partial charge on any atom is 0.122 e. The van der Waals surface area contributed by atoms with E-state index in [-0.39, 0.29) is 4.83 Å². The number of rotatable bonds is 2. The van der Waals surface area contributed by atoms with E-state index < -0.39 is 0 Å². The predicted octanol–water partition coefficient (Wildman–Crippen LogP) is 5.38. The summed E-state index contributed by atoms with van der Waals surface area (Å²) in [6.07, 6.45) is 0. The van der Waals surface area contributed by atoms with Crippen LogP contribution >= 0.6 is 39.1 Å². The first kappa shape index (κ1) is 12.0.